The average Bonchev–Trinajstić information content (AvgIpc) is 3.30. The predicted molar refractivity (Wildman–Crippen MR) is 123 cm³/mol. The van der Waals surface area contributed by atoms with Crippen LogP contribution in [0.4, 0.5) is 17.6 Å². The fourth-order valence-electron chi connectivity index (χ4n) is 5.05. The maximum Gasteiger partial charge on any atom is 0.573 e. The molecule has 0 radical (unpaired) electrons. The van der Waals surface area contributed by atoms with Crippen molar-refractivity contribution < 1.29 is 22.3 Å². The Balaban J connectivity index is 1.40. The third-order valence-corrected chi connectivity index (χ3v) is 6.87. The summed E-state index contributed by atoms with van der Waals surface area (Å²) < 4.78 is 59.0. The Morgan fingerprint density at radius 3 is 2.69 bits per heavy atom. The number of ether oxygens (including phenoxy) is 1. The predicted octanol–water partition coefficient (Wildman–Crippen LogP) is 6.01. The van der Waals surface area contributed by atoms with Gasteiger partial charge in [-0.3, -0.25) is 4.79 Å². The Labute approximate surface area is 206 Å². The second-order valence-corrected chi connectivity index (χ2v) is 9.43. The number of aryl methyl sites for hydroxylation is 1. The number of aromatic nitrogens is 4. The van der Waals surface area contributed by atoms with E-state index in [4.69, 9.17) is 11.6 Å². The van der Waals surface area contributed by atoms with Gasteiger partial charge in [0.2, 0.25) is 5.95 Å². The van der Waals surface area contributed by atoms with Gasteiger partial charge >= 0.3 is 6.36 Å². The molecule has 0 amide bonds. The zero-order valence-corrected chi connectivity index (χ0v) is 19.4. The van der Waals surface area contributed by atoms with Gasteiger partial charge in [0.1, 0.15) is 11.6 Å². The van der Waals surface area contributed by atoms with E-state index in [1.165, 1.54) is 24.4 Å². The van der Waals surface area contributed by atoms with Gasteiger partial charge < -0.3 is 14.3 Å². The molecule has 1 N–H and O–H groups in total. The molecule has 2 aliphatic rings. The molecule has 3 atom stereocenters. The van der Waals surface area contributed by atoms with Crippen molar-refractivity contribution >= 4 is 11.6 Å². The maximum absolute atomic E-state index is 14.4. The van der Waals surface area contributed by atoms with E-state index in [-0.39, 0.29) is 33.5 Å². The lowest BCUT2D eigenvalue weighted by Crippen LogP contribution is -2.26. The number of rotatable bonds is 4. The molecule has 4 heterocycles. The third-order valence-electron chi connectivity index (χ3n) is 6.63. The molecule has 1 saturated carbocycles. The Kier molecular flexibility index (Phi) is 5.01. The van der Waals surface area contributed by atoms with Crippen LogP contribution in [0.1, 0.15) is 35.6 Å². The highest BCUT2D eigenvalue weighted by Gasteiger charge is 2.54. The molecular weight excluding hydrogens is 500 g/mol. The minimum Gasteiger partial charge on any atom is -0.405 e. The van der Waals surface area contributed by atoms with Crippen LogP contribution in [-0.4, -0.2) is 25.9 Å². The number of benzene rings is 1. The van der Waals surface area contributed by atoms with Crippen LogP contribution in [-0.2, 0) is 0 Å². The second-order valence-electron chi connectivity index (χ2n) is 8.99. The van der Waals surface area contributed by atoms with Crippen molar-refractivity contribution in [3.63, 3.8) is 0 Å². The summed E-state index contributed by atoms with van der Waals surface area (Å²) in [5.74, 6) is -0.405. The SMILES string of the molecule is Cc1ccc(-c2cnc(C3C4CC4c4cc(-c5cc(Cl)ccc5OC(F)(F)F)cc(=O)n43)[nH]2)c(F)n1. The van der Waals surface area contributed by atoms with Crippen molar-refractivity contribution in [3.05, 3.63) is 87.2 Å². The largest absolute Gasteiger partial charge is 0.573 e. The fraction of sp³-hybridized carbons (Fsp3) is 0.240. The molecule has 1 aromatic carbocycles. The van der Waals surface area contributed by atoms with Crippen LogP contribution in [0, 0.1) is 18.8 Å². The second kappa shape index (κ2) is 7.92. The van der Waals surface area contributed by atoms with Crippen molar-refractivity contribution in [2.45, 2.75) is 31.7 Å². The summed E-state index contributed by atoms with van der Waals surface area (Å²) in [6.45, 7) is 1.69. The summed E-state index contributed by atoms with van der Waals surface area (Å²) in [7, 11) is 0. The lowest BCUT2D eigenvalue weighted by molar-refractivity contribution is -0.274. The van der Waals surface area contributed by atoms with Crippen molar-refractivity contribution in [2.24, 2.45) is 5.92 Å². The minimum absolute atomic E-state index is 0.0557. The summed E-state index contributed by atoms with van der Waals surface area (Å²) in [5, 5.41) is 0.211. The number of hydrogen-bond donors (Lipinski definition) is 1. The van der Waals surface area contributed by atoms with Gasteiger partial charge in [0.05, 0.1) is 23.5 Å². The van der Waals surface area contributed by atoms with Crippen molar-refractivity contribution in [2.75, 3.05) is 0 Å². The molecule has 184 valence electrons. The standard InChI is InChI=1S/C25H17ClF4N4O2/c1-11-2-4-14(23(27)32-11)18-10-31-24(33-18)22-17-9-16(17)19-6-12(7-21(35)34(19)22)15-8-13(26)3-5-20(15)36-25(28,29)30/h2-8,10,16-17,22H,9H2,1H3,(H,31,33). The molecule has 3 unspecified atom stereocenters. The molecule has 36 heavy (non-hydrogen) atoms. The van der Waals surface area contributed by atoms with E-state index in [2.05, 4.69) is 19.7 Å². The fourth-order valence-corrected chi connectivity index (χ4v) is 5.22. The highest BCUT2D eigenvalue weighted by Crippen LogP contribution is 2.60. The zero-order valence-electron chi connectivity index (χ0n) is 18.6. The Bertz CT molecular complexity index is 1580. The van der Waals surface area contributed by atoms with Gasteiger partial charge in [0, 0.05) is 34.0 Å². The van der Waals surface area contributed by atoms with Crippen LogP contribution < -0.4 is 10.3 Å². The van der Waals surface area contributed by atoms with Crippen LogP contribution in [0.2, 0.25) is 5.02 Å². The quantitative estimate of drug-likeness (QED) is 0.266. The number of fused-ring (bicyclic) bond motifs is 3. The van der Waals surface area contributed by atoms with Gasteiger partial charge in [-0.2, -0.15) is 4.39 Å². The first-order valence-electron chi connectivity index (χ1n) is 11.1. The number of aromatic amines is 1. The number of nitrogens with one attached hydrogen (secondary N) is 1. The molecular formula is C25H17ClF4N4O2. The average molecular weight is 517 g/mol. The van der Waals surface area contributed by atoms with Crippen molar-refractivity contribution in [1.82, 2.24) is 19.5 Å². The van der Waals surface area contributed by atoms with Crippen LogP contribution >= 0.6 is 11.6 Å². The lowest BCUT2D eigenvalue weighted by atomic mass is 10.0. The first-order valence-corrected chi connectivity index (χ1v) is 11.5. The molecule has 6 nitrogen and oxygen atoms in total. The lowest BCUT2D eigenvalue weighted by Gasteiger charge is -2.18. The molecule has 0 spiro atoms. The van der Waals surface area contributed by atoms with Crippen molar-refractivity contribution in [3.8, 4) is 28.1 Å². The summed E-state index contributed by atoms with van der Waals surface area (Å²) in [4.78, 5) is 24.7. The molecule has 6 rings (SSSR count). The number of H-pyrrole nitrogens is 1. The van der Waals surface area contributed by atoms with E-state index in [0.717, 1.165) is 12.5 Å². The third kappa shape index (κ3) is 3.85. The highest BCUT2D eigenvalue weighted by atomic mass is 35.5. The number of pyridine rings is 2. The number of hydrogen-bond acceptors (Lipinski definition) is 4. The van der Waals surface area contributed by atoms with Crippen LogP contribution in [0.15, 0.2) is 53.5 Å². The first kappa shape index (κ1) is 22.8. The summed E-state index contributed by atoms with van der Waals surface area (Å²) in [6.07, 6.45) is -2.60. The Morgan fingerprint density at radius 1 is 1.14 bits per heavy atom. The van der Waals surface area contributed by atoms with E-state index in [0.29, 0.717) is 22.9 Å². The summed E-state index contributed by atoms with van der Waals surface area (Å²) >= 11 is 6.04. The van der Waals surface area contributed by atoms with Crippen LogP contribution in [0.3, 0.4) is 0 Å². The highest BCUT2D eigenvalue weighted by molar-refractivity contribution is 6.31. The van der Waals surface area contributed by atoms with Gasteiger partial charge in [-0.05, 0) is 61.2 Å². The van der Waals surface area contributed by atoms with Gasteiger partial charge in [0.15, 0.2) is 0 Å². The van der Waals surface area contributed by atoms with E-state index in [1.54, 1.807) is 29.7 Å². The topological polar surface area (TPSA) is 72.8 Å². The van der Waals surface area contributed by atoms with Crippen molar-refractivity contribution in [1.29, 1.82) is 0 Å². The molecule has 1 aliphatic carbocycles. The zero-order chi connectivity index (χ0) is 25.4. The monoisotopic (exact) mass is 516 g/mol. The number of imidazole rings is 1. The summed E-state index contributed by atoms with van der Waals surface area (Å²) in [5.41, 5.74) is 1.93. The molecule has 4 aromatic rings. The van der Waals surface area contributed by atoms with E-state index in [1.807, 2.05) is 0 Å². The Morgan fingerprint density at radius 2 is 1.94 bits per heavy atom. The molecule has 11 heteroatoms. The number of nitrogens with zero attached hydrogens (tertiary/aromatic N) is 3. The molecule has 0 saturated heterocycles. The van der Waals surface area contributed by atoms with Gasteiger partial charge in [-0.1, -0.05) is 11.6 Å². The summed E-state index contributed by atoms with van der Waals surface area (Å²) in [6, 6.07) is 9.64. The van der Waals surface area contributed by atoms with Crippen LogP contribution in [0.25, 0.3) is 22.4 Å². The van der Waals surface area contributed by atoms with Gasteiger partial charge in [-0.15, -0.1) is 13.2 Å². The Hall–Kier alpha value is -3.66. The minimum atomic E-state index is -4.90. The van der Waals surface area contributed by atoms with E-state index < -0.39 is 29.7 Å². The molecule has 1 fully saturated rings. The molecule has 0 bridgehead atoms. The van der Waals surface area contributed by atoms with E-state index in [9.17, 15) is 22.4 Å². The maximum atomic E-state index is 14.4. The number of alkyl halides is 3. The van der Waals surface area contributed by atoms with Crippen LogP contribution in [0.5, 0.6) is 5.75 Å². The van der Waals surface area contributed by atoms with E-state index >= 15 is 0 Å². The first-order chi connectivity index (χ1) is 17.1. The smallest absolute Gasteiger partial charge is 0.405 e. The number of halogens is 5. The molecule has 1 aliphatic heterocycles. The molecule has 3 aromatic heterocycles. The van der Waals surface area contributed by atoms with Gasteiger partial charge in [-0.25, -0.2) is 9.97 Å². The normalized spacial score (nSPS) is 20.2. The van der Waals surface area contributed by atoms with Gasteiger partial charge in [0.25, 0.3) is 5.56 Å².